The molecule has 0 atom stereocenters. The van der Waals surface area contributed by atoms with E-state index >= 15 is 0 Å². The Hall–Kier alpha value is -3.21. The standard InChI is InChI=1S/C23H24N4O/c24-23(25-15-28)27-22-14-20(17-9-5-2-6-10-17)26-21-13-18(11-12-19(21)22)16-7-3-1-4-8-16/h2,5-6,9-16H,1,3-4,7-8H2,(H3,24,25,26,27,28). The summed E-state index contributed by atoms with van der Waals surface area (Å²) in [6.45, 7) is 0. The lowest BCUT2D eigenvalue weighted by molar-refractivity contribution is -0.108. The second-order valence-corrected chi connectivity index (χ2v) is 7.26. The summed E-state index contributed by atoms with van der Waals surface area (Å²) >= 11 is 0. The lowest BCUT2D eigenvalue weighted by atomic mass is 9.84. The highest BCUT2D eigenvalue weighted by Crippen LogP contribution is 2.36. The van der Waals surface area contributed by atoms with E-state index in [0.29, 0.717) is 18.0 Å². The topological polar surface area (TPSA) is 80.4 Å². The molecule has 3 N–H and O–H groups in total. The first kappa shape index (κ1) is 18.2. The van der Waals surface area contributed by atoms with Crippen molar-refractivity contribution in [2.24, 2.45) is 10.7 Å². The number of carbonyl (C=O) groups is 1. The van der Waals surface area contributed by atoms with Gasteiger partial charge in [0, 0.05) is 10.9 Å². The molecule has 5 heteroatoms. The number of aromatic nitrogens is 1. The molecule has 4 rings (SSSR count). The van der Waals surface area contributed by atoms with Crippen molar-refractivity contribution in [2.75, 3.05) is 0 Å². The summed E-state index contributed by atoms with van der Waals surface area (Å²) in [7, 11) is 0. The van der Waals surface area contributed by atoms with E-state index in [1.165, 1.54) is 37.7 Å². The number of hydrogen-bond acceptors (Lipinski definition) is 3. The first-order chi connectivity index (χ1) is 13.7. The van der Waals surface area contributed by atoms with Crippen molar-refractivity contribution in [2.45, 2.75) is 38.0 Å². The summed E-state index contributed by atoms with van der Waals surface area (Å²) in [5, 5.41) is 3.33. The van der Waals surface area contributed by atoms with E-state index in [4.69, 9.17) is 10.7 Å². The van der Waals surface area contributed by atoms with Gasteiger partial charge in [0.2, 0.25) is 6.41 Å². The third kappa shape index (κ3) is 3.88. The number of rotatable bonds is 4. The molecule has 1 aliphatic rings. The molecule has 0 aliphatic heterocycles. The number of benzene rings is 2. The largest absolute Gasteiger partial charge is 0.369 e. The van der Waals surface area contributed by atoms with Crippen LogP contribution in [0.25, 0.3) is 22.2 Å². The van der Waals surface area contributed by atoms with E-state index in [0.717, 1.165) is 22.2 Å². The summed E-state index contributed by atoms with van der Waals surface area (Å²) in [6, 6.07) is 18.4. The predicted molar refractivity (Wildman–Crippen MR) is 113 cm³/mol. The number of aliphatic imine (C=N–C) groups is 1. The van der Waals surface area contributed by atoms with Crippen LogP contribution in [0.2, 0.25) is 0 Å². The van der Waals surface area contributed by atoms with Crippen LogP contribution in [0, 0.1) is 0 Å². The highest BCUT2D eigenvalue weighted by atomic mass is 16.1. The fraction of sp³-hybridized carbons (Fsp3) is 0.261. The number of nitrogens with two attached hydrogens (primary N) is 1. The fourth-order valence-corrected chi connectivity index (χ4v) is 3.99. The molecule has 1 aromatic heterocycles. The van der Waals surface area contributed by atoms with Crippen LogP contribution in [0.15, 0.2) is 59.6 Å². The van der Waals surface area contributed by atoms with Crippen LogP contribution in [-0.4, -0.2) is 17.4 Å². The Morgan fingerprint density at radius 2 is 1.86 bits per heavy atom. The Bertz CT molecular complexity index is 1010. The minimum atomic E-state index is 0.0675. The quantitative estimate of drug-likeness (QED) is 0.398. The molecule has 1 aliphatic carbocycles. The molecule has 2 aromatic carbocycles. The van der Waals surface area contributed by atoms with Gasteiger partial charge in [-0.2, -0.15) is 0 Å². The van der Waals surface area contributed by atoms with Crippen LogP contribution in [-0.2, 0) is 4.79 Å². The monoisotopic (exact) mass is 372 g/mol. The number of nitrogens with zero attached hydrogens (tertiary/aromatic N) is 2. The normalized spacial score (nSPS) is 15.5. The average molecular weight is 372 g/mol. The van der Waals surface area contributed by atoms with Crippen LogP contribution in [0.4, 0.5) is 5.69 Å². The van der Waals surface area contributed by atoms with Crippen molar-refractivity contribution in [3.05, 3.63) is 60.2 Å². The summed E-state index contributed by atoms with van der Waals surface area (Å²) in [4.78, 5) is 20.0. The predicted octanol–water partition coefficient (Wildman–Crippen LogP) is 4.64. The highest BCUT2D eigenvalue weighted by molar-refractivity contribution is 5.97. The zero-order chi connectivity index (χ0) is 19.3. The summed E-state index contributed by atoms with van der Waals surface area (Å²) in [5.74, 6) is 0.673. The molecule has 0 saturated heterocycles. The molecule has 142 valence electrons. The maximum absolute atomic E-state index is 10.7. The van der Waals surface area contributed by atoms with Gasteiger partial charge in [0.15, 0.2) is 5.96 Å². The van der Waals surface area contributed by atoms with E-state index < -0.39 is 0 Å². The van der Waals surface area contributed by atoms with E-state index in [9.17, 15) is 4.79 Å². The maximum atomic E-state index is 10.7. The molecule has 3 aromatic rings. The van der Waals surface area contributed by atoms with Gasteiger partial charge < -0.3 is 5.73 Å². The molecule has 0 unspecified atom stereocenters. The Morgan fingerprint density at radius 1 is 1.07 bits per heavy atom. The minimum absolute atomic E-state index is 0.0675. The van der Waals surface area contributed by atoms with Crippen molar-refractivity contribution < 1.29 is 4.79 Å². The van der Waals surface area contributed by atoms with Gasteiger partial charge in [0.1, 0.15) is 0 Å². The Labute approximate surface area is 164 Å². The summed E-state index contributed by atoms with van der Waals surface area (Å²) in [5.41, 5.74) is 10.6. The Balaban J connectivity index is 1.85. The van der Waals surface area contributed by atoms with E-state index in [1.54, 1.807) is 0 Å². The zero-order valence-corrected chi connectivity index (χ0v) is 15.8. The molecule has 1 amide bonds. The van der Waals surface area contributed by atoms with Gasteiger partial charge in [0.05, 0.1) is 16.9 Å². The molecule has 1 heterocycles. The summed E-state index contributed by atoms with van der Waals surface area (Å²) in [6.07, 6.45) is 6.94. The van der Waals surface area contributed by atoms with Crippen LogP contribution in [0.3, 0.4) is 0 Å². The molecular formula is C23H24N4O. The SMILES string of the molecule is NC(=Nc1cc(-c2ccccc2)nc2cc(C3CCCCC3)ccc12)NC=O. The average Bonchev–Trinajstić information content (AvgIpc) is 2.74. The van der Waals surface area contributed by atoms with Crippen molar-refractivity contribution in [3.63, 3.8) is 0 Å². The Kier molecular flexibility index (Phi) is 5.33. The van der Waals surface area contributed by atoms with Crippen molar-refractivity contribution in [1.29, 1.82) is 0 Å². The van der Waals surface area contributed by atoms with Crippen molar-refractivity contribution in [1.82, 2.24) is 10.3 Å². The molecular weight excluding hydrogens is 348 g/mol. The summed E-state index contributed by atoms with van der Waals surface area (Å²) < 4.78 is 0. The van der Waals surface area contributed by atoms with Gasteiger partial charge in [-0.3, -0.25) is 10.1 Å². The van der Waals surface area contributed by atoms with E-state index in [2.05, 4.69) is 28.5 Å². The van der Waals surface area contributed by atoms with E-state index in [1.807, 2.05) is 36.4 Å². The minimum Gasteiger partial charge on any atom is -0.369 e. The van der Waals surface area contributed by atoms with Crippen molar-refractivity contribution in [3.8, 4) is 11.3 Å². The molecule has 0 spiro atoms. The number of amides is 1. The number of fused-ring (bicyclic) bond motifs is 1. The third-order valence-corrected chi connectivity index (χ3v) is 5.41. The molecule has 5 nitrogen and oxygen atoms in total. The molecule has 28 heavy (non-hydrogen) atoms. The molecule has 0 radical (unpaired) electrons. The van der Waals surface area contributed by atoms with Crippen LogP contribution in [0.1, 0.15) is 43.6 Å². The number of hydrogen-bond donors (Lipinski definition) is 2. The van der Waals surface area contributed by atoms with E-state index in [-0.39, 0.29) is 5.96 Å². The van der Waals surface area contributed by atoms with Crippen LogP contribution < -0.4 is 11.1 Å². The van der Waals surface area contributed by atoms with Crippen molar-refractivity contribution >= 4 is 29.0 Å². The molecule has 1 saturated carbocycles. The lowest BCUT2D eigenvalue weighted by Crippen LogP contribution is -2.29. The number of carbonyl (C=O) groups excluding carboxylic acids is 1. The zero-order valence-electron chi connectivity index (χ0n) is 15.8. The lowest BCUT2D eigenvalue weighted by Gasteiger charge is -2.22. The van der Waals surface area contributed by atoms with Gasteiger partial charge in [-0.25, -0.2) is 9.98 Å². The number of guanidine groups is 1. The van der Waals surface area contributed by atoms with Gasteiger partial charge in [0.25, 0.3) is 0 Å². The molecule has 0 bridgehead atoms. The fourth-order valence-electron chi connectivity index (χ4n) is 3.99. The third-order valence-electron chi connectivity index (χ3n) is 5.41. The second kappa shape index (κ2) is 8.21. The highest BCUT2D eigenvalue weighted by Gasteiger charge is 2.17. The first-order valence-corrected chi connectivity index (χ1v) is 9.79. The smallest absolute Gasteiger partial charge is 0.213 e. The second-order valence-electron chi connectivity index (χ2n) is 7.26. The van der Waals surface area contributed by atoms with Crippen LogP contribution in [0.5, 0.6) is 0 Å². The van der Waals surface area contributed by atoms with Gasteiger partial charge in [-0.15, -0.1) is 0 Å². The van der Waals surface area contributed by atoms with Gasteiger partial charge >= 0.3 is 0 Å². The molecule has 1 fully saturated rings. The Morgan fingerprint density at radius 3 is 2.61 bits per heavy atom. The number of nitrogens with one attached hydrogen (secondary N) is 1. The van der Waals surface area contributed by atoms with Gasteiger partial charge in [-0.05, 0) is 36.5 Å². The van der Waals surface area contributed by atoms with Gasteiger partial charge in [-0.1, -0.05) is 61.7 Å². The number of pyridine rings is 1. The maximum Gasteiger partial charge on any atom is 0.213 e. The van der Waals surface area contributed by atoms with Crippen LogP contribution >= 0.6 is 0 Å². The first-order valence-electron chi connectivity index (χ1n) is 9.79.